The zero-order chi connectivity index (χ0) is 18.7. The number of amides is 1. The quantitative estimate of drug-likeness (QED) is 0.618. The monoisotopic (exact) mass is 388 g/mol. The summed E-state index contributed by atoms with van der Waals surface area (Å²) in [6.07, 6.45) is 0. The lowest BCUT2D eigenvalue weighted by Gasteiger charge is -2.19. The summed E-state index contributed by atoms with van der Waals surface area (Å²) >= 11 is 2.98. The second kappa shape index (κ2) is 7.55. The van der Waals surface area contributed by atoms with Crippen LogP contribution >= 0.6 is 23.1 Å². The standard InChI is InChI=1S/C17H20N6OS2/c1-12(24)22(14-8-6-5-7-9-14)15-18-13(10-25-15)11-26-16-19-20-21-23(16)17(2,3)4/h5-10H,11H2,1-4H3. The summed E-state index contributed by atoms with van der Waals surface area (Å²) in [6, 6.07) is 9.53. The number of carbonyl (C=O) groups excluding carboxylic acids is 1. The SMILES string of the molecule is CC(=O)N(c1ccccc1)c1nc(CSc2nnnn2C(C)(C)C)cs1. The Hall–Kier alpha value is -2.26. The molecule has 0 saturated heterocycles. The van der Waals surface area contributed by atoms with Gasteiger partial charge in [-0.2, -0.15) is 0 Å². The summed E-state index contributed by atoms with van der Waals surface area (Å²) in [5.74, 6) is 0.564. The average Bonchev–Trinajstić information content (AvgIpc) is 3.22. The fourth-order valence-corrected chi connectivity index (χ4v) is 4.24. The Morgan fingerprint density at radius 3 is 2.65 bits per heavy atom. The summed E-state index contributed by atoms with van der Waals surface area (Å²) < 4.78 is 1.80. The van der Waals surface area contributed by atoms with Gasteiger partial charge in [0, 0.05) is 18.1 Å². The number of carbonyl (C=O) groups is 1. The summed E-state index contributed by atoms with van der Waals surface area (Å²) in [7, 11) is 0. The van der Waals surface area contributed by atoms with Crippen molar-refractivity contribution < 1.29 is 4.79 Å². The normalized spacial score (nSPS) is 11.5. The molecule has 0 radical (unpaired) electrons. The molecule has 0 aliphatic heterocycles. The average molecular weight is 389 g/mol. The van der Waals surface area contributed by atoms with Crippen LogP contribution in [0.3, 0.4) is 0 Å². The molecule has 0 fully saturated rings. The number of hydrogen-bond donors (Lipinski definition) is 0. The Bertz CT molecular complexity index is 884. The van der Waals surface area contributed by atoms with Gasteiger partial charge in [-0.05, 0) is 43.3 Å². The molecule has 136 valence electrons. The third kappa shape index (κ3) is 4.10. The van der Waals surface area contributed by atoms with Gasteiger partial charge in [0.2, 0.25) is 11.1 Å². The molecule has 26 heavy (non-hydrogen) atoms. The van der Waals surface area contributed by atoms with E-state index < -0.39 is 0 Å². The van der Waals surface area contributed by atoms with E-state index in [1.54, 1.807) is 16.5 Å². The molecule has 0 aliphatic rings. The topological polar surface area (TPSA) is 76.8 Å². The number of nitrogens with zero attached hydrogens (tertiary/aromatic N) is 6. The molecular formula is C17H20N6OS2. The van der Waals surface area contributed by atoms with Crippen LogP contribution in [0, 0.1) is 0 Å². The molecule has 2 aromatic heterocycles. The van der Waals surface area contributed by atoms with Gasteiger partial charge in [0.25, 0.3) is 0 Å². The molecule has 1 amide bonds. The number of benzene rings is 1. The van der Waals surface area contributed by atoms with Crippen LogP contribution in [0.1, 0.15) is 33.4 Å². The van der Waals surface area contributed by atoms with Crippen molar-refractivity contribution in [3.8, 4) is 0 Å². The number of tetrazole rings is 1. The predicted octanol–water partition coefficient (Wildman–Crippen LogP) is 3.86. The maximum Gasteiger partial charge on any atom is 0.230 e. The van der Waals surface area contributed by atoms with Crippen molar-refractivity contribution in [3.05, 3.63) is 41.4 Å². The summed E-state index contributed by atoms with van der Waals surface area (Å²) in [5, 5.41) is 15.3. The smallest absolute Gasteiger partial charge is 0.230 e. The summed E-state index contributed by atoms with van der Waals surface area (Å²) in [4.78, 5) is 18.4. The minimum atomic E-state index is -0.183. The van der Waals surface area contributed by atoms with E-state index in [2.05, 4.69) is 41.3 Å². The van der Waals surface area contributed by atoms with Gasteiger partial charge in [-0.15, -0.1) is 16.4 Å². The van der Waals surface area contributed by atoms with Gasteiger partial charge in [-0.1, -0.05) is 30.0 Å². The van der Waals surface area contributed by atoms with Crippen LogP contribution in [0.5, 0.6) is 0 Å². The third-order valence-electron chi connectivity index (χ3n) is 3.49. The van der Waals surface area contributed by atoms with Crippen LogP contribution in [0.25, 0.3) is 0 Å². The highest BCUT2D eigenvalue weighted by atomic mass is 32.2. The van der Waals surface area contributed by atoms with E-state index in [1.807, 2.05) is 35.7 Å². The molecule has 0 spiro atoms. The maximum atomic E-state index is 12.1. The van der Waals surface area contributed by atoms with Crippen LogP contribution < -0.4 is 4.90 Å². The number of anilines is 2. The molecule has 1 aromatic carbocycles. The van der Waals surface area contributed by atoms with Crippen molar-refractivity contribution in [2.24, 2.45) is 0 Å². The van der Waals surface area contributed by atoms with E-state index in [0.29, 0.717) is 10.9 Å². The van der Waals surface area contributed by atoms with Gasteiger partial charge in [0.15, 0.2) is 5.13 Å². The predicted molar refractivity (Wildman–Crippen MR) is 104 cm³/mol. The summed E-state index contributed by atoms with van der Waals surface area (Å²) in [6.45, 7) is 7.71. The lowest BCUT2D eigenvalue weighted by Crippen LogP contribution is -2.24. The molecule has 0 N–H and O–H groups in total. The Kier molecular flexibility index (Phi) is 5.38. The first-order valence-electron chi connectivity index (χ1n) is 8.08. The number of aromatic nitrogens is 5. The number of hydrogen-bond acceptors (Lipinski definition) is 7. The molecule has 0 saturated carbocycles. The second-order valence-electron chi connectivity index (χ2n) is 6.64. The fraction of sp³-hybridized carbons (Fsp3) is 0.353. The Morgan fingerprint density at radius 2 is 2.00 bits per heavy atom. The highest BCUT2D eigenvalue weighted by molar-refractivity contribution is 7.98. The summed E-state index contributed by atoms with van der Waals surface area (Å²) in [5.41, 5.74) is 1.52. The van der Waals surface area contributed by atoms with Crippen LogP contribution in [-0.2, 0) is 16.1 Å². The molecule has 0 aliphatic carbocycles. The van der Waals surface area contributed by atoms with E-state index in [1.165, 1.54) is 23.1 Å². The molecule has 7 nitrogen and oxygen atoms in total. The van der Waals surface area contributed by atoms with Crippen LogP contribution in [-0.4, -0.2) is 31.1 Å². The van der Waals surface area contributed by atoms with Gasteiger partial charge in [0.1, 0.15) is 0 Å². The van der Waals surface area contributed by atoms with Crippen LogP contribution in [0.2, 0.25) is 0 Å². The van der Waals surface area contributed by atoms with Gasteiger partial charge >= 0.3 is 0 Å². The van der Waals surface area contributed by atoms with Crippen molar-refractivity contribution >= 4 is 39.8 Å². The molecule has 9 heteroatoms. The van der Waals surface area contributed by atoms with Crippen LogP contribution in [0.4, 0.5) is 10.8 Å². The maximum absolute atomic E-state index is 12.1. The molecule has 3 aromatic rings. The van der Waals surface area contributed by atoms with Gasteiger partial charge in [-0.25, -0.2) is 9.67 Å². The van der Waals surface area contributed by atoms with Gasteiger partial charge in [0.05, 0.1) is 16.9 Å². The molecule has 0 bridgehead atoms. The van der Waals surface area contributed by atoms with Crippen molar-refractivity contribution in [1.29, 1.82) is 0 Å². The Labute approximate surface area is 160 Å². The minimum Gasteiger partial charge on any atom is -0.274 e. The number of thioether (sulfide) groups is 1. The van der Waals surface area contributed by atoms with Crippen molar-refractivity contribution in [3.63, 3.8) is 0 Å². The highest BCUT2D eigenvalue weighted by Gasteiger charge is 2.21. The largest absolute Gasteiger partial charge is 0.274 e. The zero-order valence-electron chi connectivity index (χ0n) is 15.1. The Morgan fingerprint density at radius 1 is 1.27 bits per heavy atom. The lowest BCUT2D eigenvalue weighted by atomic mass is 10.1. The van der Waals surface area contributed by atoms with E-state index in [0.717, 1.165) is 16.5 Å². The zero-order valence-corrected chi connectivity index (χ0v) is 16.7. The minimum absolute atomic E-state index is 0.0681. The van der Waals surface area contributed by atoms with Gasteiger partial charge in [-0.3, -0.25) is 9.69 Å². The fourth-order valence-electron chi connectivity index (χ4n) is 2.30. The van der Waals surface area contributed by atoms with Crippen molar-refractivity contribution in [2.45, 2.75) is 44.1 Å². The first kappa shape index (κ1) is 18.5. The van der Waals surface area contributed by atoms with E-state index in [4.69, 9.17) is 0 Å². The molecule has 3 rings (SSSR count). The number of thiazole rings is 1. The molecule has 0 unspecified atom stereocenters. The van der Waals surface area contributed by atoms with Gasteiger partial charge < -0.3 is 0 Å². The first-order chi connectivity index (χ1) is 12.4. The second-order valence-corrected chi connectivity index (χ2v) is 8.42. The molecule has 2 heterocycles. The molecule has 0 atom stereocenters. The molecular weight excluding hydrogens is 368 g/mol. The van der Waals surface area contributed by atoms with Crippen LogP contribution in [0.15, 0.2) is 40.9 Å². The number of para-hydroxylation sites is 1. The van der Waals surface area contributed by atoms with E-state index in [9.17, 15) is 4.79 Å². The lowest BCUT2D eigenvalue weighted by molar-refractivity contribution is -0.115. The third-order valence-corrected chi connectivity index (χ3v) is 5.31. The van der Waals surface area contributed by atoms with E-state index in [-0.39, 0.29) is 11.4 Å². The van der Waals surface area contributed by atoms with Crippen molar-refractivity contribution in [2.75, 3.05) is 4.90 Å². The van der Waals surface area contributed by atoms with E-state index >= 15 is 0 Å². The number of rotatable bonds is 5. The van der Waals surface area contributed by atoms with Crippen molar-refractivity contribution in [1.82, 2.24) is 25.2 Å². The first-order valence-corrected chi connectivity index (χ1v) is 9.94. The Balaban J connectivity index is 1.76. The highest BCUT2D eigenvalue weighted by Crippen LogP contribution is 2.31.